The first-order chi connectivity index (χ1) is 18.7. The van der Waals surface area contributed by atoms with Crippen molar-refractivity contribution in [1.82, 2.24) is 5.32 Å². The highest BCUT2D eigenvalue weighted by Gasteiger charge is 2.47. The topological polar surface area (TPSA) is 49.4 Å². The van der Waals surface area contributed by atoms with Crippen LogP contribution in [0.3, 0.4) is 0 Å². The number of allylic oxidation sites excluding steroid dienone is 4. The maximum Gasteiger partial charge on any atom is 0.162 e. The molecular formula is C36H44N2O2. The van der Waals surface area contributed by atoms with Crippen molar-refractivity contribution in [3.05, 3.63) is 87.8 Å². The molecule has 2 aliphatic heterocycles. The summed E-state index contributed by atoms with van der Waals surface area (Å²) in [7, 11) is 0. The van der Waals surface area contributed by atoms with E-state index >= 15 is 0 Å². The number of ketones is 2. The van der Waals surface area contributed by atoms with Crippen LogP contribution in [0.5, 0.6) is 0 Å². The smallest absolute Gasteiger partial charge is 0.162 e. The van der Waals surface area contributed by atoms with Gasteiger partial charge >= 0.3 is 0 Å². The van der Waals surface area contributed by atoms with E-state index in [0.717, 1.165) is 53.9 Å². The molecule has 0 amide bonds. The molecule has 0 spiro atoms. The van der Waals surface area contributed by atoms with Crippen LogP contribution in [0.25, 0.3) is 0 Å². The van der Waals surface area contributed by atoms with Crippen molar-refractivity contribution in [2.75, 3.05) is 4.90 Å². The number of carbonyl (C=O) groups excluding carboxylic acids is 2. The molecular weight excluding hydrogens is 492 g/mol. The van der Waals surface area contributed by atoms with Gasteiger partial charge < -0.3 is 10.2 Å². The molecule has 0 saturated heterocycles. The predicted molar refractivity (Wildman–Crippen MR) is 162 cm³/mol. The molecule has 4 nitrogen and oxygen atoms in total. The van der Waals surface area contributed by atoms with Crippen LogP contribution in [0.4, 0.5) is 5.69 Å². The summed E-state index contributed by atoms with van der Waals surface area (Å²) >= 11 is 0. The van der Waals surface area contributed by atoms with Crippen LogP contribution in [0.1, 0.15) is 109 Å². The summed E-state index contributed by atoms with van der Waals surface area (Å²) < 4.78 is 0. The van der Waals surface area contributed by atoms with Gasteiger partial charge in [-0.25, -0.2) is 0 Å². The number of rotatable bonds is 3. The number of hydrogen-bond donors (Lipinski definition) is 1. The zero-order valence-corrected chi connectivity index (χ0v) is 25.3. The predicted octanol–water partition coefficient (Wildman–Crippen LogP) is 7.95. The van der Waals surface area contributed by atoms with E-state index in [1.54, 1.807) is 0 Å². The third kappa shape index (κ3) is 4.63. The number of fused-ring (bicyclic) bond motifs is 1. The van der Waals surface area contributed by atoms with Gasteiger partial charge in [0.25, 0.3) is 0 Å². The first-order valence-electron chi connectivity index (χ1n) is 15.0. The Hall–Kier alpha value is -3.14. The van der Waals surface area contributed by atoms with Gasteiger partial charge in [-0.2, -0.15) is 0 Å². The number of nitrogens with zero attached hydrogens (tertiary/aromatic N) is 1. The minimum absolute atomic E-state index is 0.0137. The van der Waals surface area contributed by atoms with Gasteiger partial charge in [-0.3, -0.25) is 9.59 Å². The maximum atomic E-state index is 13.8. The van der Waals surface area contributed by atoms with Crippen molar-refractivity contribution in [1.29, 1.82) is 0 Å². The Labute approximate surface area is 239 Å². The largest absolute Gasteiger partial charge is 0.362 e. The number of hydrogen-bond acceptors (Lipinski definition) is 4. The fraction of sp³-hybridized carbons (Fsp3) is 0.500. The molecule has 6 rings (SSSR count). The molecule has 0 radical (unpaired) electrons. The lowest BCUT2D eigenvalue weighted by molar-refractivity contribution is -0.119. The zero-order chi connectivity index (χ0) is 28.6. The van der Waals surface area contributed by atoms with Crippen LogP contribution in [0.2, 0.25) is 0 Å². The molecule has 0 aromatic heterocycles. The Morgan fingerprint density at radius 2 is 1.38 bits per heavy atom. The summed E-state index contributed by atoms with van der Waals surface area (Å²) in [4.78, 5) is 30.1. The Kier molecular flexibility index (Phi) is 6.22. The number of Topliss-reactive ketones (excluding diaryl/α,β-unsaturated/α-hetero) is 2. The highest BCUT2D eigenvalue weighted by atomic mass is 16.1. The summed E-state index contributed by atoms with van der Waals surface area (Å²) in [5, 5.41) is 3.65. The van der Waals surface area contributed by atoms with Crippen molar-refractivity contribution in [3.8, 4) is 0 Å². The number of nitrogens with one attached hydrogen (secondary N) is 1. The quantitative estimate of drug-likeness (QED) is 0.432. The lowest BCUT2D eigenvalue weighted by Crippen LogP contribution is -2.48. The second-order valence-electron chi connectivity index (χ2n) is 15.0. The standard InChI is InChI=1S/C36H44N2O2/c1-22-16-36(6,7)38(21-23-11-9-8-10-12-23)28-14-13-24(15-25(22)28)31-32-26(17-34(2,3)19-29(32)39)37-27-18-35(4,5)20-30(40)33(27)31/h8-15,22,31,37H,16-21H2,1-7H3/t22-/m0/s1. The average Bonchev–Trinajstić information content (AvgIpc) is 2.84. The number of dihydropyridines is 1. The van der Waals surface area contributed by atoms with E-state index in [2.05, 4.69) is 107 Å². The molecule has 0 bridgehead atoms. The number of carbonyl (C=O) groups is 2. The van der Waals surface area contributed by atoms with Gasteiger partial charge in [-0.05, 0) is 72.6 Å². The molecule has 0 saturated carbocycles. The molecule has 40 heavy (non-hydrogen) atoms. The average molecular weight is 537 g/mol. The molecule has 2 heterocycles. The molecule has 1 atom stereocenters. The normalized spacial score (nSPS) is 25.3. The van der Waals surface area contributed by atoms with E-state index in [0.29, 0.717) is 18.8 Å². The first kappa shape index (κ1) is 27.1. The minimum Gasteiger partial charge on any atom is -0.362 e. The highest BCUT2D eigenvalue weighted by Crippen LogP contribution is 2.52. The minimum atomic E-state index is -0.284. The molecule has 2 aromatic rings. The fourth-order valence-corrected chi connectivity index (χ4v) is 7.98. The molecule has 2 aromatic carbocycles. The highest BCUT2D eigenvalue weighted by molar-refractivity contribution is 6.06. The van der Waals surface area contributed by atoms with E-state index in [-0.39, 0.29) is 33.9 Å². The first-order valence-corrected chi connectivity index (χ1v) is 15.0. The van der Waals surface area contributed by atoms with Crippen LogP contribution in [-0.4, -0.2) is 17.1 Å². The van der Waals surface area contributed by atoms with Crippen LogP contribution in [-0.2, 0) is 16.1 Å². The second kappa shape index (κ2) is 9.19. The monoisotopic (exact) mass is 536 g/mol. The third-order valence-corrected chi connectivity index (χ3v) is 9.65. The van der Waals surface area contributed by atoms with Gasteiger partial charge in [-0.1, -0.05) is 77.1 Å². The molecule has 210 valence electrons. The molecule has 0 fully saturated rings. The summed E-state index contributed by atoms with van der Waals surface area (Å²) in [5.74, 6) is 0.465. The SMILES string of the molecule is C[C@H]1CC(C)(C)N(Cc2ccccc2)c2ccc(C3C4=C(CC(C)(C)CC4=O)NC4=C3C(=O)CC(C)(C)C4)cc21. The Morgan fingerprint density at radius 3 is 1.95 bits per heavy atom. The van der Waals surface area contributed by atoms with Gasteiger partial charge in [0.2, 0.25) is 0 Å². The van der Waals surface area contributed by atoms with Gasteiger partial charge in [0.1, 0.15) is 0 Å². The van der Waals surface area contributed by atoms with Crippen LogP contribution >= 0.6 is 0 Å². The Bertz CT molecular complexity index is 1400. The zero-order valence-electron chi connectivity index (χ0n) is 25.3. The van der Waals surface area contributed by atoms with E-state index in [1.807, 2.05) is 0 Å². The van der Waals surface area contributed by atoms with Crippen LogP contribution < -0.4 is 10.2 Å². The third-order valence-electron chi connectivity index (χ3n) is 9.65. The van der Waals surface area contributed by atoms with Gasteiger partial charge in [0, 0.05) is 59.1 Å². The Morgan fingerprint density at radius 1 is 0.800 bits per heavy atom. The van der Waals surface area contributed by atoms with Crippen molar-refractivity contribution < 1.29 is 9.59 Å². The second-order valence-corrected chi connectivity index (χ2v) is 15.0. The van der Waals surface area contributed by atoms with Crippen molar-refractivity contribution >= 4 is 17.3 Å². The van der Waals surface area contributed by atoms with Crippen LogP contribution in [0.15, 0.2) is 71.1 Å². The number of benzene rings is 2. The Balaban J connectivity index is 1.49. The van der Waals surface area contributed by atoms with E-state index in [4.69, 9.17) is 0 Å². The molecule has 2 aliphatic carbocycles. The summed E-state index contributed by atoms with van der Waals surface area (Å²) in [6, 6.07) is 17.5. The maximum absolute atomic E-state index is 13.8. The van der Waals surface area contributed by atoms with Crippen molar-refractivity contribution in [2.45, 2.75) is 104 Å². The summed E-state index contributed by atoms with van der Waals surface area (Å²) in [6.07, 6.45) is 3.75. The number of anilines is 1. The molecule has 4 aliphatic rings. The lowest BCUT2D eigenvalue weighted by Gasteiger charge is -2.48. The van der Waals surface area contributed by atoms with Crippen LogP contribution in [0, 0.1) is 10.8 Å². The van der Waals surface area contributed by atoms with Gasteiger partial charge in [0.05, 0.1) is 0 Å². The van der Waals surface area contributed by atoms with E-state index in [9.17, 15) is 9.59 Å². The summed E-state index contributed by atoms with van der Waals surface area (Å²) in [5.41, 5.74) is 8.54. The van der Waals surface area contributed by atoms with Crippen molar-refractivity contribution in [2.24, 2.45) is 10.8 Å². The van der Waals surface area contributed by atoms with E-state index < -0.39 is 0 Å². The van der Waals surface area contributed by atoms with Gasteiger partial charge in [0.15, 0.2) is 11.6 Å². The molecule has 1 N–H and O–H groups in total. The van der Waals surface area contributed by atoms with Crippen molar-refractivity contribution in [3.63, 3.8) is 0 Å². The fourth-order valence-electron chi connectivity index (χ4n) is 7.98. The molecule has 0 unspecified atom stereocenters. The lowest BCUT2D eigenvalue weighted by atomic mass is 9.64. The van der Waals surface area contributed by atoms with E-state index in [1.165, 1.54) is 16.8 Å². The van der Waals surface area contributed by atoms with Gasteiger partial charge in [-0.15, -0.1) is 0 Å². The molecule has 4 heteroatoms. The summed E-state index contributed by atoms with van der Waals surface area (Å²) in [6.45, 7) is 16.6.